The molecule has 1 aliphatic rings. The van der Waals surface area contributed by atoms with Crippen molar-refractivity contribution in [3.63, 3.8) is 0 Å². The number of benzene rings is 1. The van der Waals surface area contributed by atoms with Crippen LogP contribution in [0.2, 0.25) is 0 Å². The number of amides is 2. The Bertz CT molecular complexity index is 1800. The van der Waals surface area contributed by atoms with E-state index in [2.05, 4.69) is 53.6 Å². The highest BCUT2D eigenvalue weighted by atomic mass is 16.5. The first kappa shape index (κ1) is 23.1. The molecule has 0 radical (unpaired) electrons. The van der Waals surface area contributed by atoms with Crippen molar-refractivity contribution in [1.29, 1.82) is 0 Å². The molecule has 1 fully saturated rings. The molecule has 0 bridgehead atoms. The summed E-state index contributed by atoms with van der Waals surface area (Å²) in [6, 6.07) is 17.9. The third-order valence-corrected chi connectivity index (χ3v) is 6.91. The third kappa shape index (κ3) is 4.36. The lowest BCUT2D eigenvalue weighted by Gasteiger charge is -2.26. The molecular weight excluding hydrogens is 492 g/mol. The highest BCUT2D eigenvalue weighted by Crippen LogP contribution is 2.34. The van der Waals surface area contributed by atoms with Crippen molar-refractivity contribution in [2.75, 3.05) is 31.6 Å². The summed E-state index contributed by atoms with van der Waals surface area (Å²) in [6.45, 7) is 2.23. The molecule has 6 aromatic rings. The van der Waals surface area contributed by atoms with Gasteiger partial charge in [0.2, 0.25) is 0 Å². The van der Waals surface area contributed by atoms with Crippen molar-refractivity contribution in [2.45, 2.75) is 0 Å². The number of aromatic amines is 2. The molecule has 1 aromatic carbocycles. The van der Waals surface area contributed by atoms with E-state index in [1.807, 2.05) is 36.4 Å². The van der Waals surface area contributed by atoms with E-state index in [0.29, 0.717) is 37.6 Å². The number of fused-ring (bicyclic) bond motifs is 2. The molecule has 10 nitrogen and oxygen atoms in total. The van der Waals surface area contributed by atoms with Crippen LogP contribution in [0, 0.1) is 0 Å². The van der Waals surface area contributed by atoms with Crippen molar-refractivity contribution < 1.29 is 9.53 Å². The van der Waals surface area contributed by atoms with Crippen LogP contribution in [0.5, 0.6) is 0 Å². The van der Waals surface area contributed by atoms with E-state index >= 15 is 0 Å². The van der Waals surface area contributed by atoms with Crippen LogP contribution in [-0.2, 0) is 4.74 Å². The van der Waals surface area contributed by atoms with Gasteiger partial charge in [-0.05, 0) is 36.4 Å². The standard InChI is InChI=1S/C29H24N8O2/c38-29(37-8-10-39-11-9-37)33-20-12-18(15-30-17-20)19-13-23-27(35-36-28(23)32-16-19)26-14-22-21(4-3-6-25(22)34-26)24-5-1-2-7-31-24/h1-7,12-17,34H,8-11H2,(H,33,38)(H,32,35,36). The van der Waals surface area contributed by atoms with Gasteiger partial charge in [-0.25, -0.2) is 9.78 Å². The maximum Gasteiger partial charge on any atom is 0.322 e. The Morgan fingerprint density at radius 2 is 1.82 bits per heavy atom. The second-order valence-electron chi connectivity index (χ2n) is 9.35. The van der Waals surface area contributed by atoms with Gasteiger partial charge in [-0.2, -0.15) is 5.10 Å². The number of aromatic nitrogens is 6. The smallest absolute Gasteiger partial charge is 0.322 e. The first-order chi connectivity index (χ1) is 19.2. The number of nitrogens with one attached hydrogen (secondary N) is 3. The SMILES string of the molecule is O=C(Nc1cncc(-c2cnc3n[nH]c(-c4cc5c(-c6ccccn6)cccc5[nH]4)c3c2)c1)N1CCOCC1. The number of hydrogen-bond acceptors (Lipinski definition) is 6. The number of pyridine rings is 3. The molecule has 0 aliphatic carbocycles. The van der Waals surface area contributed by atoms with Crippen LogP contribution in [0.1, 0.15) is 0 Å². The summed E-state index contributed by atoms with van der Waals surface area (Å²) in [4.78, 5) is 31.4. The van der Waals surface area contributed by atoms with Gasteiger partial charge >= 0.3 is 6.03 Å². The molecule has 7 rings (SSSR count). The minimum atomic E-state index is -0.160. The van der Waals surface area contributed by atoms with Gasteiger partial charge in [0, 0.05) is 64.7 Å². The maximum atomic E-state index is 12.6. The Morgan fingerprint density at radius 3 is 2.69 bits per heavy atom. The summed E-state index contributed by atoms with van der Waals surface area (Å²) >= 11 is 0. The van der Waals surface area contributed by atoms with E-state index in [4.69, 9.17) is 4.74 Å². The number of hydrogen-bond donors (Lipinski definition) is 3. The van der Waals surface area contributed by atoms with Crippen LogP contribution in [0.3, 0.4) is 0 Å². The number of carbonyl (C=O) groups is 1. The minimum absolute atomic E-state index is 0.160. The van der Waals surface area contributed by atoms with E-state index in [1.165, 1.54) is 0 Å². The number of ether oxygens (including phenoxy) is 1. The molecule has 0 spiro atoms. The molecule has 6 heterocycles. The van der Waals surface area contributed by atoms with Gasteiger partial charge in [0.1, 0.15) is 0 Å². The van der Waals surface area contributed by atoms with Crippen molar-refractivity contribution >= 4 is 33.7 Å². The summed E-state index contributed by atoms with van der Waals surface area (Å²) in [5.74, 6) is 0. The number of rotatable bonds is 4. The van der Waals surface area contributed by atoms with Crippen LogP contribution in [0.15, 0.2) is 79.4 Å². The number of H-pyrrole nitrogens is 2. The molecular formula is C29H24N8O2. The van der Waals surface area contributed by atoms with Crippen molar-refractivity contribution in [3.8, 4) is 33.8 Å². The normalized spacial score (nSPS) is 13.7. The lowest BCUT2D eigenvalue weighted by atomic mass is 10.1. The van der Waals surface area contributed by atoms with Crippen LogP contribution in [0.25, 0.3) is 55.7 Å². The molecule has 0 saturated carbocycles. The quantitative estimate of drug-likeness (QED) is 0.300. The number of urea groups is 1. The largest absolute Gasteiger partial charge is 0.378 e. The van der Waals surface area contributed by atoms with Gasteiger partial charge in [0.15, 0.2) is 5.65 Å². The molecule has 2 amide bonds. The van der Waals surface area contributed by atoms with Gasteiger partial charge in [0.05, 0.1) is 42.2 Å². The zero-order valence-electron chi connectivity index (χ0n) is 20.9. The highest BCUT2D eigenvalue weighted by Gasteiger charge is 2.18. The van der Waals surface area contributed by atoms with Crippen molar-refractivity contribution in [2.24, 2.45) is 0 Å². The average molecular weight is 517 g/mol. The van der Waals surface area contributed by atoms with Crippen LogP contribution >= 0.6 is 0 Å². The van der Waals surface area contributed by atoms with Crippen molar-refractivity contribution in [3.05, 3.63) is 79.4 Å². The molecule has 1 aliphatic heterocycles. The first-order valence-corrected chi connectivity index (χ1v) is 12.7. The third-order valence-electron chi connectivity index (χ3n) is 6.91. The van der Waals surface area contributed by atoms with E-state index in [-0.39, 0.29) is 6.03 Å². The lowest BCUT2D eigenvalue weighted by molar-refractivity contribution is 0.0564. The summed E-state index contributed by atoms with van der Waals surface area (Å²) in [5, 5.41) is 12.5. The fourth-order valence-electron chi connectivity index (χ4n) is 4.93. The molecule has 39 heavy (non-hydrogen) atoms. The average Bonchev–Trinajstić information content (AvgIpc) is 3.62. The predicted molar refractivity (Wildman–Crippen MR) is 149 cm³/mol. The van der Waals surface area contributed by atoms with E-state index in [9.17, 15) is 4.79 Å². The number of morpholine rings is 1. The van der Waals surface area contributed by atoms with Crippen LogP contribution in [-0.4, -0.2) is 67.4 Å². The zero-order chi connectivity index (χ0) is 26.2. The van der Waals surface area contributed by atoms with Crippen LogP contribution < -0.4 is 5.32 Å². The van der Waals surface area contributed by atoms with Crippen molar-refractivity contribution in [1.82, 2.24) is 35.0 Å². The fourth-order valence-corrected chi connectivity index (χ4v) is 4.93. The van der Waals surface area contributed by atoms with Gasteiger partial charge in [-0.3, -0.25) is 15.1 Å². The number of nitrogens with zero attached hydrogens (tertiary/aromatic N) is 5. The predicted octanol–water partition coefficient (Wildman–Crippen LogP) is 5.09. The Balaban J connectivity index is 1.23. The topological polar surface area (TPSA) is 125 Å². The zero-order valence-corrected chi connectivity index (χ0v) is 20.9. The minimum Gasteiger partial charge on any atom is -0.378 e. The second-order valence-corrected chi connectivity index (χ2v) is 9.35. The number of carbonyl (C=O) groups excluding carboxylic acids is 1. The van der Waals surface area contributed by atoms with Gasteiger partial charge in [-0.1, -0.05) is 18.2 Å². The molecule has 5 aromatic heterocycles. The summed E-state index contributed by atoms with van der Waals surface area (Å²) in [5.41, 5.74) is 7.66. The maximum absolute atomic E-state index is 12.6. The summed E-state index contributed by atoms with van der Waals surface area (Å²) < 4.78 is 5.34. The molecule has 0 atom stereocenters. The van der Waals surface area contributed by atoms with E-state index in [0.717, 1.165) is 50.1 Å². The Hall–Kier alpha value is -5.09. The fraction of sp³-hybridized carbons (Fsp3) is 0.138. The Morgan fingerprint density at radius 1 is 0.923 bits per heavy atom. The van der Waals surface area contributed by atoms with E-state index in [1.54, 1.807) is 29.7 Å². The molecule has 10 heteroatoms. The highest BCUT2D eigenvalue weighted by molar-refractivity contribution is 6.00. The molecule has 192 valence electrons. The summed E-state index contributed by atoms with van der Waals surface area (Å²) in [7, 11) is 0. The first-order valence-electron chi connectivity index (χ1n) is 12.7. The monoisotopic (exact) mass is 516 g/mol. The van der Waals surface area contributed by atoms with E-state index < -0.39 is 0 Å². The Labute approximate surface area is 223 Å². The van der Waals surface area contributed by atoms with Crippen LogP contribution in [0.4, 0.5) is 10.5 Å². The number of anilines is 1. The second kappa shape index (κ2) is 9.66. The summed E-state index contributed by atoms with van der Waals surface area (Å²) in [6.07, 6.45) is 6.97. The molecule has 0 unspecified atom stereocenters. The lowest BCUT2D eigenvalue weighted by Crippen LogP contribution is -2.43. The van der Waals surface area contributed by atoms with Gasteiger partial charge < -0.3 is 19.9 Å². The Kier molecular flexibility index (Phi) is 5.71. The van der Waals surface area contributed by atoms with Gasteiger partial charge in [-0.15, -0.1) is 0 Å². The molecule has 3 N–H and O–H groups in total. The van der Waals surface area contributed by atoms with Gasteiger partial charge in [0.25, 0.3) is 0 Å². The molecule has 1 saturated heterocycles.